The van der Waals surface area contributed by atoms with Gasteiger partial charge in [-0.15, -0.1) is 25.3 Å². The molecule has 98 valence electrons. The molecule has 0 saturated carbocycles. The first-order chi connectivity index (χ1) is 8.89. The van der Waals surface area contributed by atoms with E-state index in [4.69, 9.17) is 0 Å². The standard InChI is InChI=1S/C14H9F3S2/c15-14(16,17)11-6-9-8-4-2-1-3-7(8)5-10(9)12(18)13(11)19/h1-4,6,18-19H,5H2. The Morgan fingerprint density at radius 1 is 0.947 bits per heavy atom. The molecule has 0 bridgehead atoms. The van der Waals surface area contributed by atoms with Gasteiger partial charge in [0.05, 0.1) is 5.56 Å². The number of rotatable bonds is 0. The lowest BCUT2D eigenvalue weighted by Gasteiger charge is -2.15. The molecule has 0 heterocycles. The van der Waals surface area contributed by atoms with Crippen LogP contribution in [-0.2, 0) is 12.6 Å². The fourth-order valence-corrected chi connectivity index (χ4v) is 3.11. The predicted molar refractivity (Wildman–Crippen MR) is 74.2 cm³/mol. The van der Waals surface area contributed by atoms with Crippen molar-refractivity contribution in [2.75, 3.05) is 0 Å². The van der Waals surface area contributed by atoms with Crippen LogP contribution in [-0.4, -0.2) is 0 Å². The molecule has 0 saturated heterocycles. The first-order valence-electron chi connectivity index (χ1n) is 5.63. The van der Waals surface area contributed by atoms with Crippen LogP contribution in [0.25, 0.3) is 11.1 Å². The molecule has 0 spiro atoms. The molecule has 1 aliphatic carbocycles. The number of hydrogen-bond donors (Lipinski definition) is 2. The summed E-state index contributed by atoms with van der Waals surface area (Å²) in [5.41, 5.74) is 2.59. The minimum atomic E-state index is -4.42. The molecule has 0 aliphatic heterocycles. The Hall–Kier alpha value is -1.07. The Labute approximate surface area is 119 Å². The molecule has 1 aliphatic rings. The molecular weight excluding hydrogens is 289 g/mol. The number of thiol groups is 2. The van der Waals surface area contributed by atoms with Crippen LogP contribution in [0.1, 0.15) is 16.7 Å². The van der Waals surface area contributed by atoms with Crippen molar-refractivity contribution in [3.8, 4) is 11.1 Å². The first-order valence-corrected chi connectivity index (χ1v) is 6.52. The van der Waals surface area contributed by atoms with Crippen LogP contribution in [0.15, 0.2) is 40.1 Å². The summed E-state index contributed by atoms with van der Waals surface area (Å²) in [7, 11) is 0. The number of fused-ring (bicyclic) bond motifs is 3. The lowest BCUT2D eigenvalue weighted by atomic mass is 10.0. The second kappa shape index (κ2) is 4.21. The van der Waals surface area contributed by atoms with Gasteiger partial charge in [-0.05, 0) is 34.7 Å². The normalized spacial score (nSPS) is 13.3. The second-order valence-electron chi connectivity index (χ2n) is 4.48. The van der Waals surface area contributed by atoms with Gasteiger partial charge in [-0.25, -0.2) is 0 Å². The van der Waals surface area contributed by atoms with E-state index in [1.165, 1.54) is 6.07 Å². The lowest BCUT2D eigenvalue weighted by molar-refractivity contribution is -0.139. The van der Waals surface area contributed by atoms with E-state index in [2.05, 4.69) is 25.3 Å². The largest absolute Gasteiger partial charge is 0.417 e. The molecular formula is C14H9F3S2. The van der Waals surface area contributed by atoms with Crippen molar-refractivity contribution in [3.63, 3.8) is 0 Å². The smallest absolute Gasteiger partial charge is 0.166 e. The third kappa shape index (κ3) is 1.96. The summed E-state index contributed by atoms with van der Waals surface area (Å²) in [6.07, 6.45) is -3.81. The number of alkyl halides is 3. The van der Waals surface area contributed by atoms with Crippen LogP contribution in [0.5, 0.6) is 0 Å². The van der Waals surface area contributed by atoms with Gasteiger partial charge in [-0.2, -0.15) is 13.2 Å². The molecule has 5 heteroatoms. The fourth-order valence-electron chi connectivity index (χ4n) is 2.46. The molecule has 0 nitrogen and oxygen atoms in total. The van der Waals surface area contributed by atoms with Gasteiger partial charge in [-0.1, -0.05) is 24.3 Å². The topological polar surface area (TPSA) is 0 Å². The molecule has 0 aromatic heterocycles. The van der Waals surface area contributed by atoms with Crippen molar-refractivity contribution in [2.24, 2.45) is 0 Å². The highest BCUT2D eigenvalue weighted by atomic mass is 32.1. The van der Waals surface area contributed by atoms with Gasteiger partial charge in [-0.3, -0.25) is 0 Å². The quantitative estimate of drug-likeness (QED) is 0.544. The van der Waals surface area contributed by atoms with E-state index in [-0.39, 0.29) is 4.90 Å². The van der Waals surface area contributed by atoms with Gasteiger partial charge in [0.2, 0.25) is 0 Å². The van der Waals surface area contributed by atoms with E-state index in [1.54, 1.807) is 0 Å². The van der Waals surface area contributed by atoms with Crippen molar-refractivity contribution >= 4 is 25.3 Å². The third-order valence-electron chi connectivity index (χ3n) is 3.36. The molecule has 0 N–H and O–H groups in total. The van der Waals surface area contributed by atoms with Crippen LogP contribution in [0, 0.1) is 0 Å². The summed E-state index contributed by atoms with van der Waals surface area (Å²) >= 11 is 8.22. The van der Waals surface area contributed by atoms with E-state index in [1.807, 2.05) is 24.3 Å². The zero-order valence-corrected chi connectivity index (χ0v) is 11.4. The molecule has 0 radical (unpaired) electrons. The zero-order valence-electron chi connectivity index (χ0n) is 9.62. The maximum absolute atomic E-state index is 13.0. The van der Waals surface area contributed by atoms with Gasteiger partial charge in [0, 0.05) is 9.79 Å². The van der Waals surface area contributed by atoms with Crippen LogP contribution < -0.4 is 0 Å². The summed E-state index contributed by atoms with van der Waals surface area (Å²) in [5.74, 6) is 0. The van der Waals surface area contributed by atoms with Crippen LogP contribution in [0.2, 0.25) is 0 Å². The van der Waals surface area contributed by atoms with Crippen molar-refractivity contribution in [2.45, 2.75) is 22.4 Å². The van der Waals surface area contributed by atoms with E-state index >= 15 is 0 Å². The summed E-state index contributed by atoms with van der Waals surface area (Å²) in [4.78, 5) is 0.228. The summed E-state index contributed by atoms with van der Waals surface area (Å²) < 4.78 is 39.0. The summed E-state index contributed by atoms with van der Waals surface area (Å²) in [6.45, 7) is 0. The Morgan fingerprint density at radius 2 is 1.63 bits per heavy atom. The molecule has 3 rings (SSSR count). The van der Waals surface area contributed by atoms with Crippen molar-refractivity contribution in [1.82, 2.24) is 0 Å². The van der Waals surface area contributed by atoms with Crippen LogP contribution >= 0.6 is 25.3 Å². The highest BCUT2D eigenvalue weighted by Crippen LogP contribution is 2.46. The van der Waals surface area contributed by atoms with E-state index in [0.29, 0.717) is 16.9 Å². The monoisotopic (exact) mass is 298 g/mol. The molecule has 0 amide bonds. The van der Waals surface area contributed by atoms with Gasteiger partial charge in [0.15, 0.2) is 0 Å². The van der Waals surface area contributed by atoms with E-state index < -0.39 is 11.7 Å². The molecule has 0 fully saturated rings. The van der Waals surface area contributed by atoms with Gasteiger partial charge in [0.25, 0.3) is 0 Å². The average Bonchev–Trinajstić information content (AvgIpc) is 2.71. The second-order valence-corrected chi connectivity index (χ2v) is 5.37. The van der Waals surface area contributed by atoms with Gasteiger partial charge >= 0.3 is 6.18 Å². The number of halogens is 3. The summed E-state index contributed by atoms with van der Waals surface area (Å²) in [6, 6.07) is 8.66. The van der Waals surface area contributed by atoms with Crippen LogP contribution in [0.4, 0.5) is 13.2 Å². The van der Waals surface area contributed by atoms with Crippen molar-refractivity contribution < 1.29 is 13.2 Å². The minimum Gasteiger partial charge on any atom is -0.166 e. The van der Waals surface area contributed by atoms with Crippen molar-refractivity contribution in [1.29, 1.82) is 0 Å². The molecule has 19 heavy (non-hydrogen) atoms. The third-order valence-corrected chi connectivity index (χ3v) is 4.49. The Balaban J connectivity index is 2.31. The van der Waals surface area contributed by atoms with Gasteiger partial charge < -0.3 is 0 Å². The predicted octanol–water partition coefficient (Wildman–Crippen LogP) is 4.85. The Bertz CT molecular complexity index is 675. The first kappa shape index (κ1) is 12.9. The average molecular weight is 298 g/mol. The maximum atomic E-state index is 13.0. The molecule has 0 unspecified atom stereocenters. The fraction of sp³-hybridized carbons (Fsp3) is 0.143. The maximum Gasteiger partial charge on any atom is 0.417 e. The lowest BCUT2D eigenvalue weighted by Crippen LogP contribution is -2.07. The van der Waals surface area contributed by atoms with E-state index in [0.717, 1.165) is 16.7 Å². The highest BCUT2D eigenvalue weighted by molar-refractivity contribution is 7.83. The van der Waals surface area contributed by atoms with E-state index in [9.17, 15) is 13.2 Å². The number of benzene rings is 2. The molecule has 0 atom stereocenters. The molecule has 2 aromatic rings. The Kier molecular flexibility index (Phi) is 2.87. The Morgan fingerprint density at radius 3 is 2.32 bits per heavy atom. The molecule has 2 aromatic carbocycles. The van der Waals surface area contributed by atoms with Gasteiger partial charge in [0.1, 0.15) is 0 Å². The number of hydrogen-bond acceptors (Lipinski definition) is 2. The zero-order chi connectivity index (χ0) is 13.8. The summed E-state index contributed by atoms with van der Waals surface area (Å²) in [5, 5.41) is 0. The SMILES string of the molecule is FC(F)(F)c1cc2c(c(S)c1S)Cc1ccccc1-2. The minimum absolute atomic E-state index is 0.0950. The van der Waals surface area contributed by atoms with Crippen LogP contribution in [0.3, 0.4) is 0 Å². The highest BCUT2D eigenvalue weighted by Gasteiger charge is 2.36. The van der Waals surface area contributed by atoms with Crippen molar-refractivity contribution in [3.05, 3.63) is 47.0 Å².